The molecule has 2 aromatic rings. The van der Waals surface area contributed by atoms with Gasteiger partial charge in [0.15, 0.2) is 0 Å². The number of benzene rings is 1. The van der Waals surface area contributed by atoms with Crippen LogP contribution in [0.5, 0.6) is 5.75 Å². The van der Waals surface area contributed by atoms with Crippen LogP contribution in [0.3, 0.4) is 0 Å². The van der Waals surface area contributed by atoms with Crippen LogP contribution in [0, 0.1) is 6.92 Å². The first-order valence-electron chi connectivity index (χ1n) is 8.25. The Balaban J connectivity index is 1.85. The van der Waals surface area contributed by atoms with E-state index in [1.165, 1.54) is 0 Å². The number of oxazole rings is 1. The van der Waals surface area contributed by atoms with Crippen molar-refractivity contribution in [1.29, 1.82) is 0 Å². The first-order valence-corrected chi connectivity index (χ1v) is 8.25. The number of hydrogen-bond acceptors (Lipinski definition) is 5. The molecule has 1 saturated heterocycles. The van der Waals surface area contributed by atoms with Crippen LogP contribution in [0.4, 0.5) is 0 Å². The lowest BCUT2D eigenvalue weighted by molar-refractivity contribution is -0.129. The Kier molecular flexibility index (Phi) is 4.85. The molecule has 0 radical (unpaired) electrons. The molecule has 1 aliphatic rings. The molecular weight excluding hydrogens is 306 g/mol. The standard InChI is InChI=1S/C18H23N3O3/c1-4-15-17(22)19-9-10-21(15)11-14-12(2)24-18(20-14)13-7-5-6-8-16(13)23-3/h5-8,15H,4,9-11H2,1-3H3,(H,19,22). The van der Waals surface area contributed by atoms with Gasteiger partial charge in [0.25, 0.3) is 0 Å². The topological polar surface area (TPSA) is 67.6 Å². The van der Waals surface area contributed by atoms with Gasteiger partial charge in [-0.05, 0) is 25.5 Å². The van der Waals surface area contributed by atoms with Crippen LogP contribution in [0.1, 0.15) is 24.8 Å². The van der Waals surface area contributed by atoms with E-state index in [4.69, 9.17) is 9.15 Å². The first kappa shape index (κ1) is 16.5. The molecule has 24 heavy (non-hydrogen) atoms. The average molecular weight is 329 g/mol. The molecule has 1 N–H and O–H groups in total. The number of carbonyl (C=O) groups is 1. The summed E-state index contributed by atoms with van der Waals surface area (Å²) in [5.41, 5.74) is 1.70. The lowest BCUT2D eigenvalue weighted by atomic mass is 10.1. The predicted molar refractivity (Wildman–Crippen MR) is 90.7 cm³/mol. The molecule has 0 aliphatic carbocycles. The fourth-order valence-corrected chi connectivity index (χ4v) is 3.10. The zero-order valence-electron chi connectivity index (χ0n) is 14.3. The van der Waals surface area contributed by atoms with Crippen molar-refractivity contribution in [2.24, 2.45) is 0 Å². The van der Waals surface area contributed by atoms with E-state index in [1.807, 2.05) is 38.1 Å². The van der Waals surface area contributed by atoms with Crippen LogP contribution in [0.15, 0.2) is 28.7 Å². The van der Waals surface area contributed by atoms with Crippen molar-refractivity contribution in [2.45, 2.75) is 32.9 Å². The molecule has 1 aliphatic heterocycles. The summed E-state index contributed by atoms with van der Waals surface area (Å²) in [6, 6.07) is 7.55. The molecule has 128 valence electrons. The van der Waals surface area contributed by atoms with Gasteiger partial charge in [-0.3, -0.25) is 9.69 Å². The highest BCUT2D eigenvalue weighted by Gasteiger charge is 2.29. The van der Waals surface area contributed by atoms with E-state index in [-0.39, 0.29) is 11.9 Å². The number of aromatic nitrogens is 1. The highest BCUT2D eigenvalue weighted by molar-refractivity contribution is 5.82. The Morgan fingerprint density at radius 3 is 2.96 bits per heavy atom. The Morgan fingerprint density at radius 1 is 1.42 bits per heavy atom. The van der Waals surface area contributed by atoms with E-state index in [0.29, 0.717) is 19.0 Å². The lowest BCUT2D eigenvalue weighted by Gasteiger charge is -2.33. The van der Waals surface area contributed by atoms with E-state index in [2.05, 4.69) is 15.2 Å². The van der Waals surface area contributed by atoms with E-state index in [1.54, 1.807) is 7.11 Å². The number of ether oxygens (including phenoxy) is 1. The summed E-state index contributed by atoms with van der Waals surface area (Å²) in [6.07, 6.45) is 0.780. The molecule has 1 aromatic carbocycles. The van der Waals surface area contributed by atoms with Gasteiger partial charge in [-0.2, -0.15) is 0 Å². The van der Waals surface area contributed by atoms with Crippen LogP contribution in [-0.2, 0) is 11.3 Å². The van der Waals surface area contributed by atoms with Crippen molar-refractivity contribution < 1.29 is 13.9 Å². The molecule has 0 bridgehead atoms. The first-order chi connectivity index (χ1) is 11.6. The average Bonchev–Trinajstić information content (AvgIpc) is 2.95. The molecule has 0 spiro atoms. The Hall–Kier alpha value is -2.34. The molecule has 3 rings (SSSR count). The highest BCUT2D eigenvalue weighted by atomic mass is 16.5. The number of methoxy groups -OCH3 is 1. The summed E-state index contributed by atoms with van der Waals surface area (Å²) in [5, 5.41) is 2.92. The van der Waals surface area contributed by atoms with Crippen LogP contribution >= 0.6 is 0 Å². The minimum absolute atomic E-state index is 0.0925. The third-order valence-corrected chi connectivity index (χ3v) is 4.41. The quantitative estimate of drug-likeness (QED) is 0.912. The smallest absolute Gasteiger partial charge is 0.237 e. The normalized spacial score (nSPS) is 18.5. The number of para-hydroxylation sites is 1. The maximum atomic E-state index is 12.0. The number of rotatable bonds is 5. The third kappa shape index (κ3) is 3.14. The number of piperazine rings is 1. The van der Waals surface area contributed by atoms with Crippen molar-refractivity contribution >= 4 is 5.91 Å². The van der Waals surface area contributed by atoms with Crippen molar-refractivity contribution in [3.05, 3.63) is 35.7 Å². The van der Waals surface area contributed by atoms with Gasteiger partial charge in [-0.1, -0.05) is 19.1 Å². The maximum Gasteiger partial charge on any atom is 0.237 e. The van der Waals surface area contributed by atoms with E-state index in [0.717, 1.165) is 35.7 Å². The van der Waals surface area contributed by atoms with Gasteiger partial charge in [0.1, 0.15) is 11.5 Å². The number of amides is 1. The van der Waals surface area contributed by atoms with Crippen molar-refractivity contribution in [1.82, 2.24) is 15.2 Å². The fourth-order valence-electron chi connectivity index (χ4n) is 3.10. The van der Waals surface area contributed by atoms with Gasteiger partial charge in [0, 0.05) is 19.6 Å². The van der Waals surface area contributed by atoms with E-state index in [9.17, 15) is 4.79 Å². The Morgan fingerprint density at radius 2 is 2.21 bits per heavy atom. The van der Waals surface area contributed by atoms with Crippen LogP contribution in [-0.4, -0.2) is 42.0 Å². The fraction of sp³-hybridized carbons (Fsp3) is 0.444. The van der Waals surface area contributed by atoms with Gasteiger partial charge in [-0.15, -0.1) is 0 Å². The summed E-state index contributed by atoms with van der Waals surface area (Å²) in [4.78, 5) is 18.8. The Labute approximate surface area is 141 Å². The number of hydrogen-bond donors (Lipinski definition) is 1. The third-order valence-electron chi connectivity index (χ3n) is 4.41. The predicted octanol–water partition coefficient (Wildman–Crippen LogP) is 2.37. The second kappa shape index (κ2) is 7.05. The van der Waals surface area contributed by atoms with Gasteiger partial charge in [-0.25, -0.2) is 4.98 Å². The molecule has 0 saturated carbocycles. The summed E-state index contributed by atoms with van der Waals surface area (Å²) >= 11 is 0. The monoisotopic (exact) mass is 329 g/mol. The molecule has 1 unspecified atom stereocenters. The molecule has 2 heterocycles. The second-order valence-electron chi connectivity index (χ2n) is 5.91. The zero-order chi connectivity index (χ0) is 17.1. The molecule has 1 fully saturated rings. The molecule has 6 nitrogen and oxygen atoms in total. The largest absolute Gasteiger partial charge is 0.496 e. The second-order valence-corrected chi connectivity index (χ2v) is 5.91. The highest BCUT2D eigenvalue weighted by Crippen LogP contribution is 2.30. The summed E-state index contributed by atoms with van der Waals surface area (Å²) < 4.78 is 11.2. The minimum Gasteiger partial charge on any atom is -0.496 e. The number of nitrogens with one attached hydrogen (secondary N) is 1. The van der Waals surface area contributed by atoms with Crippen molar-refractivity contribution in [2.75, 3.05) is 20.2 Å². The molecule has 1 aromatic heterocycles. The van der Waals surface area contributed by atoms with E-state index < -0.39 is 0 Å². The van der Waals surface area contributed by atoms with Crippen LogP contribution in [0.25, 0.3) is 11.5 Å². The maximum absolute atomic E-state index is 12.0. The SMILES string of the molecule is CCC1C(=O)NCCN1Cc1nc(-c2ccccc2OC)oc1C. The van der Waals surface area contributed by atoms with Gasteiger partial charge < -0.3 is 14.5 Å². The van der Waals surface area contributed by atoms with Crippen molar-refractivity contribution in [3.63, 3.8) is 0 Å². The van der Waals surface area contributed by atoms with E-state index >= 15 is 0 Å². The number of aryl methyl sites for hydroxylation is 1. The molecule has 1 amide bonds. The van der Waals surface area contributed by atoms with Gasteiger partial charge in [0.05, 0.1) is 24.4 Å². The van der Waals surface area contributed by atoms with Crippen LogP contribution < -0.4 is 10.1 Å². The molecule has 1 atom stereocenters. The lowest BCUT2D eigenvalue weighted by Crippen LogP contribution is -2.54. The van der Waals surface area contributed by atoms with Gasteiger partial charge in [0.2, 0.25) is 11.8 Å². The number of carbonyl (C=O) groups excluding carboxylic acids is 1. The van der Waals surface area contributed by atoms with Crippen molar-refractivity contribution in [3.8, 4) is 17.2 Å². The summed E-state index contributed by atoms with van der Waals surface area (Å²) in [6.45, 7) is 6.03. The summed E-state index contributed by atoms with van der Waals surface area (Å²) in [5.74, 6) is 2.15. The minimum atomic E-state index is -0.107. The van der Waals surface area contributed by atoms with Crippen LogP contribution in [0.2, 0.25) is 0 Å². The molecular formula is C18H23N3O3. The Bertz CT molecular complexity index is 726. The molecule has 6 heteroatoms. The summed E-state index contributed by atoms with van der Waals surface area (Å²) in [7, 11) is 1.63. The van der Waals surface area contributed by atoms with Gasteiger partial charge >= 0.3 is 0 Å². The number of nitrogens with zero attached hydrogens (tertiary/aromatic N) is 2. The zero-order valence-corrected chi connectivity index (χ0v) is 14.3.